The van der Waals surface area contributed by atoms with Crippen LogP contribution in [0.25, 0.3) is 0 Å². The highest BCUT2D eigenvalue weighted by atomic mass is 16.5. The second-order valence-corrected chi connectivity index (χ2v) is 6.45. The topological polar surface area (TPSA) is 21.3 Å². The Morgan fingerprint density at radius 1 is 1.19 bits per heavy atom. The van der Waals surface area contributed by atoms with Gasteiger partial charge in [-0.1, -0.05) is 45.7 Å². The molecule has 0 aliphatic carbocycles. The largest absolute Gasteiger partial charge is 0.487 e. The predicted octanol–water partition coefficient (Wildman–Crippen LogP) is 5.16. The Labute approximate surface area is 130 Å². The van der Waals surface area contributed by atoms with E-state index in [1.807, 2.05) is 0 Å². The Morgan fingerprint density at radius 3 is 2.62 bits per heavy atom. The Hall–Kier alpha value is -1.02. The molecule has 2 nitrogen and oxygen atoms in total. The maximum Gasteiger partial charge on any atom is 0.125 e. The fraction of sp³-hybridized carbons (Fsp3) is 0.684. The first kappa shape index (κ1) is 16.4. The Bertz CT molecular complexity index is 451. The van der Waals surface area contributed by atoms with E-state index in [9.17, 15) is 0 Å². The van der Waals surface area contributed by atoms with Crippen LogP contribution in [-0.4, -0.2) is 12.1 Å². The van der Waals surface area contributed by atoms with Crippen molar-refractivity contribution in [2.24, 2.45) is 0 Å². The lowest BCUT2D eigenvalue weighted by Crippen LogP contribution is -2.43. The van der Waals surface area contributed by atoms with E-state index in [4.69, 9.17) is 4.74 Å². The molecule has 2 heteroatoms. The fourth-order valence-corrected chi connectivity index (χ4v) is 3.29. The normalized spacial score (nSPS) is 19.9. The number of nitrogens with one attached hydrogen (secondary N) is 1. The molecule has 1 aromatic carbocycles. The van der Waals surface area contributed by atoms with Gasteiger partial charge >= 0.3 is 0 Å². The van der Waals surface area contributed by atoms with E-state index in [2.05, 4.69) is 51.2 Å². The number of ether oxygens (including phenoxy) is 1. The molecule has 0 fully saturated rings. The number of unbranched alkanes of at least 4 members (excludes halogenated alkanes) is 2. The average molecular weight is 289 g/mol. The zero-order chi connectivity index (χ0) is 15.3. The Balaban J connectivity index is 2.18. The van der Waals surface area contributed by atoms with Gasteiger partial charge in [-0.2, -0.15) is 0 Å². The molecule has 1 aliphatic heterocycles. The zero-order valence-corrected chi connectivity index (χ0v) is 14.2. The molecule has 1 heterocycles. The highest BCUT2D eigenvalue weighted by Crippen LogP contribution is 2.43. The van der Waals surface area contributed by atoms with Gasteiger partial charge in [0.25, 0.3) is 0 Å². The van der Waals surface area contributed by atoms with Gasteiger partial charge in [0.2, 0.25) is 0 Å². The lowest BCUT2D eigenvalue weighted by Gasteiger charge is -2.42. The van der Waals surface area contributed by atoms with Gasteiger partial charge in [-0.15, -0.1) is 0 Å². The molecular weight excluding hydrogens is 258 g/mol. The summed E-state index contributed by atoms with van der Waals surface area (Å²) in [4.78, 5) is 0. The van der Waals surface area contributed by atoms with Crippen LogP contribution in [-0.2, 0) is 0 Å². The second kappa shape index (κ2) is 7.31. The van der Waals surface area contributed by atoms with E-state index in [-0.39, 0.29) is 5.60 Å². The minimum Gasteiger partial charge on any atom is -0.487 e. The third-order valence-corrected chi connectivity index (χ3v) is 4.91. The number of aryl methyl sites for hydroxylation is 1. The quantitative estimate of drug-likeness (QED) is 0.700. The van der Waals surface area contributed by atoms with Crippen LogP contribution in [0.4, 0.5) is 0 Å². The maximum absolute atomic E-state index is 6.42. The summed E-state index contributed by atoms with van der Waals surface area (Å²) >= 11 is 0. The van der Waals surface area contributed by atoms with Gasteiger partial charge in [0.1, 0.15) is 11.4 Å². The second-order valence-electron chi connectivity index (χ2n) is 6.45. The van der Waals surface area contributed by atoms with Crippen molar-refractivity contribution in [1.82, 2.24) is 5.32 Å². The first-order valence-corrected chi connectivity index (χ1v) is 8.67. The Kier molecular flexibility index (Phi) is 5.69. The van der Waals surface area contributed by atoms with Gasteiger partial charge in [0.05, 0.1) is 0 Å². The monoisotopic (exact) mass is 289 g/mol. The van der Waals surface area contributed by atoms with Crippen LogP contribution in [0.15, 0.2) is 18.2 Å². The SMILES string of the molecule is CCCCCNC1CC(CC)(CC)Oc2cc(C)ccc21. The van der Waals surface area contributed by atoms with Crippen molar-refractivity contribution in [1.29, 1.82) is 0 Å². The van der Waals surface area contributed by atoms with Crippen molar-refractivity contribution in [3.63, 3.8) is 0 Å². The number of fused-ring (bicyclic) bond motifs is 1. The Morgan fingerprint density at radius 2 is 1.95 bits per heavy atom. The van der Waals surface area contributed by atoms with Gasteiger partial charge in [-0.25, -0.2) is 0 Å². The number of benzene rings is 1. The highest BCUT2D eigenvalue weighted by Gasteiger charge is 2.38. The van der Waals surface area contributed by atoms with Gasteiger partial charge in [-0.05, 0) is 44.4 Å². The molecule has 0 saturated carbocycles. The molecule has 2 rings (SSSR count). The van der Waals surface area contributed by atoms with Crippen molar-refractivity contribution in [2.75, 3.05) is 6.54 Å². The number of hydrogen-bond acceptors (Lipinski definition) is 2. The first-order chi connectivity index (χ1) is 10.1. The van der Waals surface area contributed by atoms with Crippen LogP contribution in [0.3, 0.4) is 0 Å². The maximum atomic E-state index is 6.42. The molecule has 0 aromatic heterocycles. The fourth-order valence-electron chi connectivity index (χ4n) is 3.29. The third-order valence-electron chi connectivity index (χ3n) is 4.91. The zero-order valence-electron chi connectivity index (χ0n) is 14.2. The molecule has 0 amide bonds. The standard InChI is InChI=1S/C19H31NO/c1-5-8-9-12-20-17-14-19(6-2,7-3)21-18-13-15(4)10-11-16(17)18/h10-11,13,17,20H,5-9,12,14H2,1-4H3. The summed E-state index contributed by atoms with van der Waals surface area (Å²) in [6, 6.07) is 7.09. The molecule has 1 aliphatic rings. The summed E-state index contributed by atoms with van der Waals surface area (Å²) in [6.07, 6.45) is 7.08. The van der Waals surface area contributed by atoms with Gasteiger partial charge < -0.3 is 10.1 Å². The summed E-state index contributed by atoms with van der Waals surface area (Å²) < 4.78 is 6.42. The smallest absolute Gasteiger partial charge is 0.125 e. The summed E-state index contributed by atoms with van der Waals surface area (Å²) in [5, 5.41) is 3.78. The van der Waals surface area contributed by atoms with Crippen LogP contribution in [0.2, 0.25) is 0 Å². The van der Waals surface area contributed by atoms with Gasteiger partial charge in [0.15, 0.2) is 0 Å². The van der Waals surface area contributed by atoms with Crippen LogP contribution >= 0.6 is 0 Å². The molecule has 118 valence electrons. The lowest BCUT2D eigenvalue weighted by atomic mass is 9.83. The minimum absolute atomic E-state index is 0.00319. The van der Waals surface area contributed by atoms with E-state index in [0.717, 1.165) is 31.6 Å². The molecule has 1 unspecified atom stereocenters. The van der Waals surface area contributed by atoms with E-state index in [1.165, 1.54) is 30.4 Å². The lowest BCUT2D eigenvalue weighted by molar-refractivity contribution is 0.0227. The molecule has 1 N–H and O–H groups in total. The van der Waals surface area contributed by atoms with Crippen molar-refractivity contribution >= 4 is 0 Å². The first-order valence-electron chi connectivity index (χ1n) is 8.67. The number of hydrogen-bond donors (Lipinski definition) is 1. The third kappa shape index (κ3) is 3.79. The number of rotatable bonds is 7. The average Bonchev–Trinajstić information content (AvgIpc) is 2.50. The molecule has 0 bridgehead atoms. The van der Waals surface area contributed by atoms with E-state index >= 15 is 0 Å². The van der Waals surface area contributed by atoms with E-state index in [1.54, 1.807) is 0 Å². The van der Waals surface area contributed by atoms with Crippen molar-refractivity contribution in [2.45, 2.75) is 77.9 Å². The van der Waals surface area contributed by atoms with Crippen molar-refractivity contribution in [3.05, 3.63) is 29.3 Å². The highest BCUT2D eigenvalue weighted by molar-refractivity contribution is 5.41. The predicted molar refractivity (Wildman–Crippen MR) is 90.0 cm³/mol. The van der Waals surface area contributed by atoms with Crippen molar-refractivity contribution in [3.8, 4) is 5.75 Å². The minimum atomic E-state index is 0.00319. The summed E-state index contributed by atoms with van der Waals surface area (Å²) in [6.45, 7) is 10.00. The molecule has 0 saturated heterocycles. The molecule has 0 spiro atoms. The molecule has 1 atom stereocenters. The molecular formula is C19H31NO. The van der Waals surface area contributed by atoms with Crippen LogP contribution in [0.1, 0.15) is 76.5 Å². The van der Waals surface area contributed by atoms with Crippen LogP contribution in [0.5, 0.6) is 5.75 Å². The molecule has 21 heavy (non-hydrogen) atoms. The van der Waals surface area contributed by atoms with Crippen LogP contribution < -0.4 is 10.1 Å². The molecule has 0 radical (unpaired) electrons. The van der Waals surface area contributed by atoms with Gasteiger partial charge in [0, 0.05) is 18.0 Å². The summed E-state index contributed by atoms with van der Waals surface area (Å²) in [5.74, 6) is 1.10. The van der Waals surface area contributed by atoms with Crippen molar-refractivity contribution < 1.29 is 4.74 Å². The van der Waals surface area contributed by atoms with Gasteiger partial charge in [-0.3, -0.25) is 0 Å². The van der Waals surface area contributed by atoms with E-state index < -0.39 is 0 Å². The summed E-state index contributed by atoms with van der Waals surface area (Å²) in [7, 11) is 0. The summed E-state index contributed by atoms with van der Waals surface area (Å²) in [5.41, 5.74) is 2.62. The van der Waals surface area contributed by atoms with Crippen LogP contribution in [0, 0.1) is 6.92 Å². The molecule has 1 aromatic rings. The van der Waals surface area contributed by atoms with E-state index in [0.29, 0.717) is 6.04 Å².